The van der Waals surface area contributed by atoms with Gasteiger partial charge in [0, 0.05) is 32.6 Å². The molecule has 2 fully saturated rings. The molecule has 1 amide bonds. The zero-order valence-corrected chi connectivity index (χ0v) is 17.3. The van der Waals surface area contributed by atoms with Crippen molar-refractivity contribution >= 4 is 28.3 Å². The van der Waals surface area contributed by atoms with E-state index in [1.807, 2.05) is 11.1 Å². The summed E-state index contributed by atoms with van der Waals surface area (Å²) in [4.78, 5) is 12.7. The minimum Gasteiger partial charge on any atom is -0.289 e. The van der Waals surface area contributed by atoms with E-state index in [1.54, 1.807) is 24.3 Å². The highest BCUT2D eigenvalue weighted by atomic mass is 35.5. The summed E-state index contributed by atoms with van der Waals surface area (Å²) in [7, 11) is -3.47. The number of hydrazine groups is 1. The van der Waals surface area contributed by atoms with E-state index in [2.05, 4.69) is 5.43 Å². The number of nitrogens with one attached hydrogen (secondary N) is 1. The first kappa shape index (κ1) is 22.1. The summed E-state index contributed by atoms with van der Waals surface area (Å²) in [5.41, 5.74) is 3.02. The van der Waals surface area contributed by atoms with E-state index in [1.165, 1.54) is 17.1 Å². The third kappa shape index (κ3) is 6.17. The van der Waals surface area contributed by atoms with Crippen LogP contribution >= 0.6 is 12.4 Å². The lowest BCUT2D eigenvalue weighted by Gasteiger charge is -2.32. The summed E-state index contributed by atoms with van der Waals surface area (Å²) in [5, 5.41) is 2.02. The predicted octanol–water partition coefficient (Wildman–Crippen LogP) is 2.81. The van der Waals surface area contributed by atoms with Gasteiger partial charge in [-0.2, -0.15) is 4.31 Å². The van der Waals surface area contributed by atoms with E-state index in [-0.39, 0.29) is 24.2 Å². The second-order valence-corrected chi connectivity index (χ2v) is 9.26. The fourth-order valence-corrected chi connectivity index (χ4v) is 5.40. The Hall–Kier alpha value is -1.15. The Morgan fingerprint density at radius 3 is 2.33 bits per heavy atom. The van der Waals surface area contributed by atoms with E-state index in [0.29, 0.717) is 24.4 Å². The molecule has 1 unspecified atom stereocenters. The maximum atomic E-state index is 12.8. The van der Waals surface area contributed by atoms with Crippen molar-refractivity contribution in [1.82, 2.24) is 14.7 Å². The number of benzene rings is 1. The minimum absolute atomic E-state index is 0. The standard InChI is InChI=1S/C19H29N3O3S.ClH/c23-19(20-21-12-6-1-2-7-13-21)15-17-9-8-14-22(16-17)26(24,25)18-10-4-3-5-11-18;/h3-5,10-11,17H,1-2,6-9,12-16H2,(H,20,23);1H. The van der Waals surface area contributed by atoms with Crippen LogP contribution < -0.4 is 5.43 Å². The average Bonchev–Trinajstić information content (AvgIpc) is 2.91. The monoisotopic (exact) mass is 415 g/mol. The topological polar surface area (TPSA) is 69.7 Å². The van der Waals surface area contributed by atoms with Crippen LogP contribution in [0.25, 0.3) is 0 Å². The first-order valence-electron chi connectivity index (χ1n) is 9.65. The van der Waals surface area contributed by atoms with Gasteiger partial charge in [0.2, 0.25) is 15.9 Å². The highest BCUT2D eigenvalue weighted by Crippen LogP contribution is 2.25. The third-order valence-electron chi connectivity index (χ3n) is 5.23. The van der Waals surface area contributed by atoms with Crippen molar-refractivity contribution in [2.45, 2.75) is 49.8 Å². The van der Waals surface area contributed by atoms with Crippen LogP contribution in [0.3, 0.4) is 0 Å². The van der Waals surface area contributed by atoms with E-state index >= 15 is 0 Å². The molecule has 1 aromatic carbocycles. The van der Waals surface area contributed by atoms with Gasteiger partial charge < -0.3 is 0 Å². The molecular weight excluding hydrogens is 386 g/mol. The first-order valence-corrected chi connectivity index (χ1v) is 11.1. The fraction of sp³-hybridized carbons (Fsp3) is 0.632. The number of nitrogens with zero attached hydrogens (tertiary/aromatic N) is 2. The van der Waals surface area contributed by atoms with Gasteiger partial charge in [-0.3, -0.25) is 10.2 Å². The lowest BCUT2D eigenvalue weighted by molar-refractivity contribution is -0.127. The summed E-state index contributed by atoms with van der Waals surface area (Å²) in [6.45, 7) is 2.77. The Balaban J connectivity index is 0.00000261. The fourth-order valence-electron chi connectivity index (χ4n) is 3.82. The summed E-state index contributed by atoms with van der Waals surface area (Å²) in [5.74, 6) is 0.0880. The van der Waals surface area contributed by atoms with Gasteiger partial charge >= 0.3 is 0 Å². The molecule has 0 bridgehead atoms. The van der Waals surface area contributed by atoms with Crippen molar-refractivity contribution < 1.29 is 13.2 Å². The molecule has 1 aromatic rings. The lowest BCUT2D eigenvalue weighted by atomic mass is 9.96. The van der Waals surface area contributed by atoms with Crippen molar-refractivity contribution in [3.8, 4) is 0 Å². The normalized spacial score (nSPS) is 22.4. The van der Waals surface area contributed by atoms with Gasteiger partial charge in [-0.05, 0) is 43.7 Å². The number of amides is 1. The number of halogens is 1. The van der Waals surface area contributed by atoms with Crippen LogP contribution in [-0.2, 0) is 14.8 Å². The number of hydrogen-bond acceptors (Lipinski definition) is 4. The quantitative estimate of drug-likeness (QED) is 0.802. The van der Waals surface area contributed by atoms with Gasteiger partial charge in [-0.15, -0.1) is 12.4 Å². The smallest absolute Gasteiger partial charge is 0.243 e. The SMILES string of the molecule is Cl.O=C(CC1CCCN(S(=O)(=O)c2ccccc2)C1)NN1CCCCCC1. The number of rotatable bonds is 5. The van der Waals surface area contributed by atoms with Crippen LogP contribution in [0.5, 0.6) is 0 Å². The highest BCUT2D eigenvalue weighted by molar-refractivity contribution is 7.89. The maximum Gasteiger partial charge on any atom is 0.243 e. The predicted molar refractivity (Wildman–Crippen MR) is 108 cm³/mol. The molecular formula is C19H30ClN3O3S. The molecule has 152 valence electrons. The molecule has 6 nitrogen and oxygen atoms in total. The molecule has 2 heterocycles. The van der Waals surface area contributed by atoms with Gasteiger partial charge in [0.1, 0.15) is 0 Å². The molecule has 8 heteroatoms. The van der Waals surface area contributed by atoms with Crippen molar-refractivity contribution in [2.24, 2.45) is 5.92 Å². The minimum atomic E-state index is -3.47. The molecule has 2 aliphatic rings. The first-order chi connectivity index (χ1) is 12.6. The Kier molecular flexibility index (Phi) is 8.54. The molecule has 1 N–H and O–H groups in total. The van der Waals surface area contributed by atoms with Gasteiger partial charge in [-0.1, -0.05) is 31.0 Å². The Morgan fingerprint density at radius 1 is 1.00 bits per heavy atom. The second kappa shape index (κ2) is 10.4. The number of carbonyl (C=O) groups excluding carboxylic acids is 1. The molecule has 0 aliphatic carbocycles. The van der Waals surface area contributed by atoms with Crippen molar-refractivity contribution in [3.05, 3.63) is 30.3 Å². The largest absolute Gasteiger partial charge is 0.289 e. The van der Waals surface area contributed by atoms with Crippen LogP contribution in [0.1, 0.15) is 44.9 Å². The van der Waals surface area contributed by atoms with E-state index in [9.17, 15) is 13.2 Å². The molecule has 2 aliphatic heterocycles. The van der Waals surface area contributed by atoms with Crippen molar-refractivity contribution in [1.29, 1.82) is 0 Å². The van der Waals surface area contributed by atoms with Gasteiger partial charge in [0.15, 0.2) is 0 Å². The Morgan fingerprint density at radius 2 is 1.67 bits per heavy atom. The van der Waals surface area contributed by atoms with Crippen LogP contribution in [0, 0.1) is 5.92 Å². The van der Waals surface area contributed by atoms with E-state index < -0.39 is 10.0 Å². The van der Waals surface area contributed by atoms with E-state index in [0.717, 1.165) is 38.8 Å². The molecule has 0 spiro atoms. The molecule has 0 saturated carbocycles. The van der Waals surface area contributed by atoms with Gasteiger partial charge in [0.25, 0.3) is 0 Å². The molecule has 2 saturated heterocycles. The van der Waals surface area contributed by atoms with E-state index in [4.69, 9.17) is 0 Å². The molecule has 3 rings (SSSR count). The second-order valence-electron chi connectivity index (χ2n) is 7.32. The maximum absolute atomic E-state index is 12.8. The number of carbonyl (C=O) groups is 1. The van der Waals surface area contributed by atoms with Crippen molar-refractivity contribution in [3.63, 3.8) is 0 Å². The van der Waals surface area contributed by atoms with Crippen LogP contribution in [0.2, 0.25) is 0 Å². The summed E-state index contributed by atoms with van der Waals surface area (Å²) in [6, 6.07) is 8.55. The molecule has 27 heavy (non-hydrogen) atoms. The third-order valence-corrected chi connectivity index (χ3v) is 7.11. The Bertz CT molecular complexity index is 691. The Labute approximate surface area is 168 Å². The van der Waals surface area contributed by atoms with Crippen LogP contribution in [-0.4, -0.2) is 49.8 Å². The summed E-state index contributed by atoms with van der Waals surface area (Å²) >= 11 is 0. The van der Waals surface area contributed by atoms with Gasteiger partial charge in [0.05, 0.1) is 4.90 Å². The van der Waals surface area contributed by atoms with Crippen LogP contribution in [0.15, 0.2) is 35.2 Å². The zero-order valence-electron chi connectivity index (χ0n) is 15.7. The number of hydrogen-bond donors (Lipinski definition) is 1. The number of sulfonamides is 1. The molecule has 0 radical (unpaired) electrons. The summed E-state index contributed by atoms with van der Waals surface area (Å²) in [6.07, 6.45) is 6.77. The van der Waals surface area contributed by atoms with Crippen LogP contribution in [0.4, 0.5) is 0 Å². The van der Waals surface area contributed by atoms with Gasteiger partial charge in [-0.25, -0.2) is 13.4 Å². The van der Waals surface area contributed by atoms with Crippen molar-refractivity contribution in [2.75, 3.05) is 26.2 Å². The molecule has 0 aromatic heterocycles. The average molecular weight is 416 g/mol. The molecule has 1 atom stereocenters. The highest BCUT2D eigenvalue weighted by Gasteiger charge is 2.31. The zero-order chi connectivity index (χ0) is 18.4. The lowest BCUT2D eigenvalue weighted by Crippen LogP contribution is -2.45. The number of piperidine rings is 1. The summed E-state index contributed by atoms with van der Waals surface area (Å²) < 4.78 is 27.1.